The number of aromatic nitrogens is 2. The normalized spacial score (nSPS) is 16.0. The maximum Gasteiger partial charge on any atom is 0.256 e. The predicted molar refractivity (Wildman–Crippen MR) is 166 cm³/mol. The number of nitrogens with zero attached hydrogens (tertiary/aromatic N) is 5. The monoisotopic (exact) mass is 625 g/mol. The van der Waals surface area contributed by atoms with Gasteiger partial charge in [-0.3, -0.25) is 0 Å². The van der Waals surface area contributed by atoms with E-state index in [-0.39, 0.29) is 16.0 Å². The Hall–Kier alpha value is -2.23. The second-order valence-electron chi connectivity index (χ2n) is 10.4. The van der Waals surface area contributed by atoms with Crippen LogP contribution in [0.25, 0.3) is 0 Å². The van der Waals surface area contributed by atoms with Crippen LogP contribution in [0.5, 0.6) is 5.75 Å². The average molecular weight is 626 g/mol. The Morgan fingerprint density at radius 1 is 1.12 bits per heavy atom. The SMILES string of the molecule is CC[C@@H](Nc1nsnc1Nc1c(C)sc(S(=O)(=O)N(CC)CC)c1O)c1cc(CCCCN2CCN(C)CC2)co1. The number of sulfonamides is 1. The van der Waals surface area contributed by atoms with Crippen LogP contribution in [0.4, 0.5) is 17.3 Å². The Morgan fingerprint density at radius 2 is 1.83 bits per heavy atom. The van der Waals surface area contributed by atoms with E-state index < -0.39 is 10.0 Å². The van der Waals surface area contributed by atoms with E-state index in [4.69, 9.17) is 4.42 Å². The number of aryl methyl sites for hydroxylation is 2. The van der Waals surface area contributed by atoms with Crippen molar-refractivity contribution in [3.63, 3.8) is 0 Å². The predicted octanol–water partition coefficient (Wildman–Crippen LogP) is 5.11. The molecule has 0 aromatic carbocycles. The van der Waals surface area contributed by atoms with Gasteiger partial charge in [-0.1, -0.05) is 20.8 Å². The molecule has 0 saturated carbocycles. The van der Waals surface area contributed by atoms with Gasteiger partial charge in [0, 0.05) is 44.1 Å². The Bertz CT molecular complexity index is 1360. The van der Waals surface area contributed by atoms with Crippen LogP contribution in [0.3, 0.4) is 0 Å². The van der Waals surface area contributed by atoms with Crippen molar-refractivity contribution in [1.82, 2.24) is 22.9 Å². The summed E-state index contributed by atoms with van der Waals surface area (Å²) in [7, 11) is -1.62. The van der Waals surface area contributed by atoms with E-state index in [1.807, 2.05) is 6.26 Å². The number of furan rings is 1. The fourth-order valence-corrected chi connectivity index (χ4v) is 8.55. The lowest BCUT2D eigenvalue weighted by molar-refractivity contribution is 0.152. The van der Waals surface area contributed by atoms with Crippen LogP contribution < -0.4 is 10.6 Å². The number of hydrogen-bond acceptors (Lipinski definition) is 12. The van der Waals surface area contributed by atoms with Gasteiger partial charge in [0.1, 0.15) is 5.76 Å². The highest BCUT2D eigenvalue weighted by Gasteiger charge is 2.31. The highest BCUT2D eigenvalue weighted by Crippen LogP contribution is 2.45. The van der Waals surface area contributed by atoms with Crippen LogP contribution in [0.1, 0.15) is 62.3 Å². The molecule has 3 aromatic rings. The van der Waals surface area contributed by atoms with Crippen molar-refractivity contribution in [3.8, 4) is 5.75 Å². The highest BCUT2D eigenvalue weighted by atomic mass is 32.2. The van der Waals surface area contributed by atoms with Gasteiger partial charge in [0.15, 0.2) is 21.6 Å². The first-order valence-corrected chi connectivity index (χ1v) is 17.3. The molecule has 3 aromatic heterocycles. The minimum atomic E-state index is -3.80. The van der Waals surface area contributed by atoms with E-state index in [0.717, 1.165) is 80.8 Å². The number of hydrogen-bond donors (Lipinski definition) is 3. The summed E-state index contributed by atoms with van der Waals surface area (Å²) in [6.45, 7) is 13.8. The minimum absolute atomic E-state index is 0.0722. The van der Waals surface area contributed by atoms with Crippen molar-refractivity contribution in [2.75, 3.05) is 63.5 Å². The first-order valence-electron chi connectivity index (χ1n) is 14.3. The molecule has 41 heavy (non-hydrogen) atoms. The molecule has 1 fully saturated rings. The summed E-state index contributed by atoms with van der Waals surface area (Å²) in [5.74, 6) is 1.48. The Kier molecular flexibility index (Phi) is 11.1. The van der Waals surface area contributed by atoms with Crippen LogP contribution >= 0.6 is 23.1 Å². The van der Waals surface area contributed by atoms with Crippen LogP contribution in [0.2, 0.25) is 0 Å². The zero-order valence-corrected chi connectivity index (χ0v) is 27.1. The smallest absolute Gasteiger partial charge is 0.256 e. The van der Waals surface area contributed by atoms with E-state index >= 15 is 0 Å². The quantitative estimate of drug-likeness (QED) is 0.196. The first kappa shape index (κ1) is 31.7. The maximum absolute atomic E-state index is 13.1. The van der Waals surface area contributed by atoms with Crippen LogP contribution in [0, 0.1) is 6.92 Å². The molecule has 0 amide bonds. The first-order chi connectivity index (χ1) is 19.7. The molecule has 14 heteroatoms. The zero-order valence-electron chi connectivity index (χ0n) is 24.6. The molecule has 3 N–H and O–H groups in total. The van der Waals surface area contributed by atoms with Gasteiger partial charge in [-0.15, -0.1) is 11.3 Å². The number of nitrogens with one attached hydrogen (secondary N) is 2. The summed E-state index contributed by atoms with van der Waals surface area (Å²) in [4.78, 5) is 5.57. The summed E-state index contributed by atoms with van der Waals surface area (Å²) < 4.78 is 42.1. The van der Waals surface area contributed by atoms with Gasteiger partial charge < -0.3 is 30.0 Å². The second-order valence-corrected chi connectivity index (χ2v) is 14.3. The number of unbranched alkanes of at least 4 members (excludes halogenated alkanes) is 1. The third-order valence-electron chi connectivity index (χ3n) is 7.56. The summed E-state index contributed by atoms with van der Waals surface area (Å²) in [5, 5.41) is 17.5. The van der Waals surface area contributed by atoms with Crippen molar-refractivity contribution in [2.24, 2.45) is 0 Å². The van der Waals surface area contributed by atoms with E-state index in [9.17, 15) is 13.5 Å². The lowest BCUT2D eigenvalue weighted by Gasteiger charge is -2.32. The third kappa shape index (κ3) is 7.59. The van der Waals surface area contributed by atoms with E-state index in [2.05, 4.69) is 49.2 Å². The van der Waals surface area contributed by atoms with Crippen LogP contribution in [-0.4, -0.2) is 89.2 Å². The summed E-state index contributed by atoms with van der Waals surface area (Å²) in [6, 6.07) is 2.00. The average Bonchev–Trinajstić information content (AvgIpc) is 3.67. The molecule has 1 atom stereocenters. The minimum Gasteiger partial charge on any atom is -0.504 e. The van der Waals surface area contributed by atoms with Crippen molar-refractivity contribution in [2.45, 2.75) is 63.6 Å². The van der Waals surface area contributed by atoms with E-state index in [1.165, 1.54) is 16.3 Å². The van der Waals surface area contributed by atoms with Gasteiger partial charge in [0.2, 0.25) is 0 Å². The molecular formula is C27H43N7O4S3. The summed E-state index contributed by atoms with van der Waals surface area (Å²) in [6.07, 6.45) is 5.89. The molecule has 4 heterocycles. The maximum atomic E-state index is 13.1. The molecule has 228 valence electrons. The molecular weight excluding hydrogens is 583 g/mol. The number of piperazine rings is 1. The van der Waals surface area contributed by atoms with Gasteiger partial charge in [0.05, 0.1) is 29.7 Å². The number of likely N-dealkylation sites (N-methyl/N-ethyl adjacent to an activating group) is 1. The molecule has 0 aliphatic carbocycles. The molecule has 11 nitrogen and oxygen atoms in total. The Morgan fingerprint density at radius 3 is 2.51 bits per heavy atom. The number of anilines is 3. The fraction of sp³-hybridized carbons (Fsp3) is 0.630. The van der Waals surface area contributed by atoms with Gasteiger partial charge in [-0.05, 0) is 57.8 Å². The molecule has 0 radical (unpaired) electrons. The van der Waals surface area contributed by atoms with Crippen LogP contribution in [-0.2, 0) is 16.4 Å². The second kappa shape index (κ2) is 14.3. The number of aromatic hydroxyl groups is 1. The van der Waals surface area contributed by atoms with E-state index in [0.29, 0.717) is 35.3 Å². The topological polar surface area (TPSA) is 127 Å². The van der Waals surface area contributed by atoms with Gasteiger partial charge in [-0.2, -0.15) is 13.1 Å². The van der Waals surface area contributed by atoms with Crippen LogP contribution in [0.15, 0.2) is 21.0 Å². The molecule has 0 bridgehead atoms. The molecule has 1 aliphatic rings. The number of rotatable bonds is 15. The Labute approximate surface area is 251 Å². The molecule has 1 aliphatic heterocycles. The van der Waals surface area contributed by atoms with Gasteiger partial charge in [0.25, 0.3) is 10.0 Å². The van der Waals surface area contributed by atoms with Gasteiger partial charge >= 0.3 is 0 Å². The van der Waals surface area contributed by atoms with Crippen molar-refractivity contribution in [1.29, 1.82) is 0 Å². The van der Waals surface area contributed by atoms with Crippen molar-refractivity contribution >= 4 is 50.4 Å². The molecule has 1 saturated heterocycles. The van der Waals surface area contributed by atoms with E-state index in [1.54, 1.807) is 20.8 Å². The van der Waals surface area contributed by atoms with Crippen molar-refractivity contribution in [3.05, 3.63) is 28.5 Å². The van der Waals surface area contributed by atoms with Crippen molar-refractivity contribution < 1.29 is 17.9 Å². The lowest BCUT2D eigenvalue weighted by atomic mass is 10.1. The third-order valence-corrected chi connectivity index (χ3v) is 11.7. The largest absolute Gasteiger partial charge is 0.504 e. The zero-order chi connectivity index (χ0) is 29.6. The lowest BCUT2D eigenvalue weighted by Crippen LogP contribution is -2.44. The molecule has 0 spiro atoms. The van der Waals surface area contributed by atoms with Gasteiger partial charge in [-0.25, -0.2) is 8.42 Å². The Balaban J connectivity index is 1.38. The standard InChI is InChI=1S/C27H43N7O4S3/c1-6-21(22-17-20(18-38-22)11-9-10-12-33-15-13-32(5)14-16-33)28-25-26(31-40-30-25)29-23-19(4)39-27(24(23)35)41(36,37)34(7-2)8-3/h17-18,21,35H,6-16H2,1-5H3,(H,28,30)(H,29,31)/t21-/m1/s1. The number of thiophene rings is 1. The highest BCUT2D eigenvalue weighted by molar-refractivity contribution is 7.91. The molecule has 0 unspecified atom stereocenters. The fourth-order valence-electron chi connectivity index (χ4n) is 4.98. The summed E-state index contributed by atoms with van der Waals surface area (Å²) >= 11 is 2.07. The summed E-state index contributed by atoms with van der Waals surface area (Å²) in [5.41, 5.74) is 1.51. The molecule has 4 rings (SSSR count).